The molecule has 2 nitrogen and oxygen atoms in total. The fourth-order valence-electron chi connectivity index (χ4n) is 1.64. The maximum atomic E-state index is 13.2. The Balaban J connectivity index is 2.38. The van der Waals surface area contributed by atoms with Crippen molar-refractivity contribution in [1.29, 1.82) is 0 Å². The maximum absolute atomic E-state index is 13.2. The molecule has 5 heteroatoms. The molecule has 0 saturated carbocycles. The van der Waals surface area contributed by atoms with Crippen molar-refractivity contribution in [2.45, 2.75) is 13.0 Å². The lowest BCUT2D eigenvalue weighted by atomic mass is 10.1. The van der Waals surface area contributed by atoms with E-state index in [2.05, 4.69) is 0 Å². The van der Waals surface area contributed by atoms with Crippen molar-refractivity contribution in [2.75, 3.05) is 0 Å². The van der Waals surface area contributed by atoms with Gasteiger partial charge in [0.1, 0.15) is 23.1 Å². The highest BCUT2D eigenvalue weighted by Gasteiger charge is 2.12. The number of nitrogens with two attached hydrogens (primary N) is 1. The number of benzene rings is 2. The Morgan fingerprint density at radius 1 is 1.05 bits per heavy atom. The van der Waals surface area contributed by atoms with Gasteiger partial charge in [-0.15, -0.1) is 0 Å². The summed E-state index contributed by atoms with van der Waals surface area (Å²) in [5.41, 5.74) is 6.27. The van der Waals surface area contributed by atoms with Crippen LogP contribution in [0.25, 0.3) is 0 Å². The van der Waals surface area contributed by atoms with Gasteiger partial charge in [-0.25, -0.2) is 8.78 Å². The zero-order valence-electron chi connectivity index (χ0n) is 10.2. The van der Waals surface area contributed by atoms with Crippen molar-refractivity contribution >= 4 is 11.6 Å². The van der Waals surface area contributed by atoms with Crippen molar-refractivity contribution in [2.24, 2.45) is 5.73 Å². The van der Waals surface area contributed by atoms with Crippen LogP contribution >= 0.6 is 11.6 Å². The zero-order chi connectivity index (χ0) is 14.0. The van der Waals surface area contributed by atoms with E-state index in [9.17, 15) is 8.78 Å². The predicted molar refractivity (Wildman–Crippen MR) is 70.5 cm³/mol. The minimum absolute atomic E-state index is 0.139. The summed E-state index contributed by atoms with van der Waals surface area (Å²) in [6, 6.07) is 7.42. The molecule has 100 valence electrons. The third kappa shape index (κ3) is 3.22. The first-order chi connectivity index (χ1) is 8.97. The van der Waals surface area contributed by atoms with Gasteiger partial charge in [-0.3, -0.25) is 0 Å². The average molecular weight is 284 g/mol. The number of hydrogen-bond donors (Lipinski definition) is 1. The molecule has 2 aromatic rings. The molecule has 2 aromatic carbocycles. The Kier molecular flexibility index (Phi) is 4.02. The lowest BCUT2D eigenvalue weighted by molar-refractivity contribution is 0.467. The maximum Gasteiger partial charge on any atom is 0.146 e. The van der Waals surface area contributed by atoms with Crippen molar-refractivity contribution < 1.29 is 13.5 Å². The number of rotatable bonds is 3. The normalized spacial score (nSPS) is 12.3. The summed E-state index contributed by atoms with van der Waals surface area (Å²) in [6.07, 6.45) is 0. The lowest BCUT2D eigenvalue weighted by Gasteiger charge is -2.14. The molecule has 0 bridgehead atoms. The van der Waals surface area contributed by atoms with Gasteiger partial charge < -0.3 is 10.5 Å². The van der Waals surface area contributed by atoms with Crippen molar-refractivity contribution in [1.82, 2.24) is 0 Å². The highest BCUT2D eigenvalue weighted by Crippen LogP contribution is 2.33. The monoisotopic (exact) mass is 283 g/mol. The van der Waals surface area contributed by atoms with Crippen LogP contribution in [0.5, 0.6) is 11.5 Å². The molecule has 0 amide bonds. The fraction of sp³-hybridized carbons (Fsp3) is 0.143. The Morgan fingerprint density at radius 3 is 2.21 bits per heavy atom. The summed E-state index contributed by atoms with van der Waals surface area (Å²) >= 11 is 5.87. The summed E-state index contributed by atoms with van der Waals surface area (Å²) in [7, 11) is 0. The molecule has 19 heavy (non-hydrogen) atoms. The third-order valence-electron chi connectivity index (χ3n) is 2.58. The number of ether oxygens (including phenoxy) is 1. The molecule has 2 N–H and O–H groups in total. The molecule has 1 atom stereocenters. The first-order valence-electron chi connectivity index (χ1n) is 5.65. The molecule has 0 aliphatic heterocycles. The molecule has 0 heterocycles. The standard InChI is InChI=1S/C14H12ClF2NO/c1-8(18)11-6-9(16)2-4-13(11)19-14-5-3-10(17)7-12(14)15/h2-8H,18H2,1H3. The summed E-state index contributed by atoms with van der Waals surface area (Å²) < 4.78 is 31.7. The van der Waals surface area contributed by atoms with E-state index in [1.807, 2.05) is 0 Å². The van der Waals surface area contributed by atoms with Crippen LogP contribution in [0.3, 0.4) is 0 Å². The Bertz CT molecular complexity index is 602. The van der Waals surface area contributed by atoms with Gasteiger partial charge in [-0.2, -0.15) is 0 Å². The van der Waals surface area contributed by atoms with Crippen LogP contribution in [-0.2, 0) is 0 Å². The van der Waals surface area contributed by atoms with E-state index in [0.29, 0.717) is 11.3 Å². The fourth-order valence-corrected chi connectivity index (χ4v) is 1.85. The molecule has 0 aliphatic carbocycles. The van der Waals surface area contributed by atoms with Gasteiger partial charge in [0.2, 0.25) is 0 Å². The van der Waals surface area contributed by atoms with Crippen LogP contribution in [0, 0.1) is 11.6 Å². The predicted octanol–water partition coefficient (Wildman–Crippen LogP) is 4.43. The van der Waals surface area contributed by atoms with Crippen LogP contribution in [-0.4, -0.2) is 0 Å². The van der Waals surface area contributed by atoms with E-state index in [1.165, 1.54) is 30.3 Å². The van der Waals surface area contributed by atoms with Gasteiger partial charge in [-0.05, 0) is 43.3 Å². The SMILES string of the molecule is CC(N)c1cc(F)ccc1Oc1ccc(F)cc1Cl. The Morgan fingerprint density at radius 2 is 1.63 bits per heavy atom. The van der Waals surface area contributed by atoms with E-state index in [1.54, 1.807) is 6.92 Å². The molecule has 0 aliphatic rings. The van der Waals surface area contributed by atoms with Crippen LogP contribution in [0.1, 0.15) is 18.5 Å². The minimum Gasteiger partial charge on any atom is -0.455 e. The van der Waals surface area contributed by atoms with Gasteiger partial charge in [0, 0.05) is 11.6 Å². The van der Waals surface area contributed by atoms with E-state index in [0.717, 1.165) is 6.07 Å². The van der Waals surface area contributed by atoms with E-state index in [4.69, 9.17) is 22.1 Å². The van der Waals surface area contributed by atoms with E-state index < -0.39 is 17.7 Å². The molecule has 1 unspecified atom stereocenters. The Labute approximate surface area is 114 Å². The average Bonchev–Trinajstić information content (AvgIpc) is 2.34. The largest absolute Gasteiger partial charge is 0.455 e. The van der Waals surface area contributed by atoms with Crippen LogP contribution in [0.15, 0.2) is 36.4 Å². The van der Waals surface area contributed by atoms with Crippen molar-refractivity contribution in [3.8, 4) is 11.5 Å². The quantitative estimate of drug-likeness (QED) is 0.904. The minimum atomic E-state index is -0.455. The van der Waals surface area contributed by atoms with Crippen LogP contribution < -0.4 is 10.5 Å². The molecule has 0 fully saturated rings. The molecule has 2 rings (SSSR count). The summed E-state index contributed by atoms with van der Waals surface area (Å²) in [6.45, 7) is 1.72. The van der Waals surface area contributed by atoms with Crippen LogP contribution in [0.2, 0.25) is 5.02 Å². The smallest absolute Gasteiger partial charge is 0.146 e. The van der Waals surface area contributed by atoms with Crippen molar-refractivity contribution in [3.05, 3.63) is 58.6 Å². The highest BCUT2D eigenvalue weighted by atomic mass is 35.5. The highest BCUT2D eigenvalue weighted by molar-refractivity contribution is 6.32. The second-order valence-corrected chi connectivity index (χ2v) is 4.55. The molecule has 0 saturated heterocycles. The summed E-state index contributed by atoms with van der Waals surface area (Å²) in [5, 5.41) is 0.139. The van der Waals surface area contributed by atoms with E-state index in [-0.39, 0.29) is 10.8 Å². The first kappa shape index (κ1) is 13.8. The molecule has 0 radical (unpaired) electrons. The second kappa shape index (κ2) is 5.55. The summed E-state index contributed by atoms with van der Waals surface area (Å²) in [4.78, 5) is 0. The van der Waals surface area contributed by atoms with Gasteiger partial charge >= 0.3 is 0 Å². The zero-order valence-corrected chi connectivity index (χ0v) is 10.9. The van der Waals surface area contributed by atoms with Gasteiger partial charge in [0.15, 0.2) is 0 Å². The van der Waals surface area contributed by atoms with E-state index >= 15 is 0 Å². The Hall–Kier alpha value is -1.65. The lowest BCUT2D eigenvalue weighted by Crippen LogP contribution is -2.07. The molecule has 0 spiro atoms. The summed E-state index contributed by atoms with van der Waals surface area (Å²) in [5.74, 6) is -0.171. The van der Waals surface area contributed by atoms with Gasteiger partial charge in [0.05, 0.1) is 5.02 Å². The second-order valence-electron chi connectivity index (χ2n) is 4.15. The number of hydrogen-bond acceptors (Lipinski definition) is 2. The van der Waals surface area contributed by atoms with Crippen molar-refractivity contribution in [3.63, 3.8) is 0 Å². The van der Waals surface area contributed by atoms with Gasteiger partial charge in [-0.1, -0.05) is 11.6 Å². The third-order valence-corrected chi connectivity index (χ3v) is 2.87. The van der Waals surface area contributed by atoms with Crippen LogP contribution in [0.4, 0.5) is 8.78 Å². The molecule has 0 aromatic heterocycles. The number of halogens is 3. The molecular weight excluding hydrogens is 272 g/mol. The first-order valence-corrected chi connectivity index (χ1v) is 6.03. The van der Waals surface area contributed by atoms with Gasteiger partial charge in [0.25, 0.3) is 0 Å². The topological polar surface area (TPSA) is 35.2 Å². The molecular formula is C14H12ClF2NO.